The van der Waals surface area contributed by atoms with Crippen LogP contribution in [0.3, 0.4) is 0 Å². The van der Waals surface area contributed by atoms with Crippen molar-refractivity contribution in [2.24, 2.45) is 0 Å². The number of aromatic nitrogens is 4. The summed E-state index contributed by atoms with van der Waals surface area (Å²) in [6, 6.07) is 3.27. The Hall–Kier alpha value is -2.08. The Bertz CT molecular complexity index is 504. The highest BCUT2D eigenvalue weighted by atomic mass is 35.5. The van der Waals surface area contributed by atoms with Gasteiger partial charge in [0.15, 0.2) is 5.82 Å². The van der Waals surface area contributed by atoms with E-state index in [1.54, 1.807) is 12.1 Å². The zero-order valence-electron chi connectivity index (χ0n) is 7.96. The number of carbonyl (C=O) groups excluding carboxylic acids is 1. The van der Waals surface area contributed by atoms with Crippen molar-refractivity contribution in [3.05, 3.63) is 41.6 Å². The Morgan fingerprint density at radius 3 is 2.94 bits per heavy atom. The summed E-state index contributed by atoms with van der Waals surface area (Å²) < 4.78 is 0. The van der Waals surface area contributed by atoms with Crippen molar-refractivity contribution in [2.45, 2.75) is 0 Å². The van der Waals surface area contributed by atoms with Crippen molar-refractivity contribution in [1.82, 2.24) is 20.2 Å². The number of amides is 1. The lowest BCUT2D eigenvalue weighted by Crippen LogP contribution is -2.15. The van der Waals surface area contributed by atoms with Gasteiger partial charge in [-0.05, 0) is 12.1 Å². The molecule has 6 nitrogen and oxygen atoms in total. The monoisotopic (exact) mass is 235 g/mol. The number of nitrogens with one attached hydrogen (secondary N) is 1. The number of hydrogen-bond donors (Lipinski definition) is 1. The van der Waals surface area contributed by atoms with E-state index in [0.29, 0.717) is 5.82 Å². The van der Waals surface area contributed by atoms with Crippen LogP contribution in [0.25, 0.3) is 0 Å². The summed E-state index contributed by atoms with van der Waals surface area (Å²) >= 11 is 5.61. The first kappa shape index (κ1) is 10.4. The average Bonchev–Trinajstić information content (AvgIpc) is 2.30. The van der Waals surface area contributed by atoms with Crippen molar-refractivity contribution >= 4 is 23.3 Å². The highest BCUT2D eigenvalue weighted by Gasteiger charge is 2.09. The third-order valence-electron chi connectivity index (χ3n) is 1.65. The van der Waals surface area contributed by atoms with Gasteiger partial charge in [0, 0.05) is 6.20 Å². The van der Waals surface area contributed by atoms with Crippen LogP contribution in [0.4, 0.5) is 5.82 Å². The van der Waals surface area contributed by atoms with E-state index in [1.165, 1.54) is 18.6 Å². The predicted molar refractivity (Wildman–Crippen MR) is 57.0 cm³/mol. The molecule has 0 unspecified atom stereocenters. The van der Waals surface area contributed by atoms with Crippen LogP contribution in [-0.4, -0.2) is 26.1 Å². The number of anilines is 1. The second-order valence-corrected chi connectivity index (χ2v) is 3.18. The van der Waals surface area contributed by atoms with Crippen molar-refractivity contribution in [2.75, 3.05) is 5.32 Å². The first-order valence-electron chi connectivity index (χ1n) is 4.32. The van der Waals surface area contributed by atoms with Crippen LogP contribution in [0.5, 0.6) is 0 Å². The molecule has 0 aliphatic carbocycles. The van der Waals surface area contributed by atoms with Gasteiger partial charge in [0.2, 0.25) is 0 Å². The maximum atomic E-state index is 11.6. The van der Waals surface area contributed by atoms with Gasteiger partial charge in [-0.2, -0.15) is 5.10 Å². The predicted octanol–water partition coefficient (Wildman–Crippen LogP) is 1.17. The molecule has 1 N–H and O–H groups in total. The SMILES string of the molecule is O=C(Nc1cccnn1)c1cncc(Cl)n1. The number of nitrogens with zero attached hydrogens (tertiary/aromatic N) is 4. The summed E-state index contributed by atoms with van der Waals surface area (Å²) in [5, 5.41) is 10.00. The molecular weight excluding hydrogens is 230 g/mol. The molecule has 2 aromatic heterocycles. The van der Waals surface area contributed by atoms with E-state index in [-0.39, 0.29) is 10.8 Å². The lowest BCUT2D eigenvalue weighted by Gasteiger charge is -2.01. The van der Waals surface area contributed by atoms with Gasteiger partial charge in [-0.15, -0.1) is 5.10 Å². The summed E-state index contributed by atoms with van der Waals surface area (Å²) in [6.45, 7) is 0. The highest BCUT2D eigenvalue weighted by molar-refractivity contribution is 6.29. The highest BCUT2D eigenvalue weighted by Crippen LogP contribution is 2.05. The van der Waals surface area contributed by atoms with Crippen LogP contribution in [-0.2, 0) is 0 Å². The molecule has 2 aromatic rings. The summed E-state index contributed by atoms with van der Waals surface area (Å²) in [5.74, 6) is -0.0928. The Balaban J connectivity index is 2.15. The maximum absolute atomic E-state index is 11.6. The second-order valence-electron chi connectivity index (χ2n) is 2.79. The molecule has 0 saturated heterocycles. The summed E-state index contributed by atoms with van der Waals surface area (Å²) in [5.41, 5.74) is 0.123. The maximum Gasteiger partial charge on any atom is 0.277 e. The molecule has 0 aromatic carbocycles. The van der Waals surface area contributed by atoms with Crippen molar-refractivity contribution in [3.63, 3.8) is 0 Å². The van der Waals surface area contributed by atoms with Crippen molar-refractivity contribution in [1.29, 1.82) is 0 Å². The normalized spacial score (nSPS) is 9.81. The van der Waals surface area contributed by atoms with Gasteiger partial charge < -0.3 is 5.32 Å². The Kier molecular flexibility index (Phi) is 3.02. The van der Waals surface area contributed by atoms with Crippen LogP contribution in [0.1, 0.15) is 10.5 Å². The minimum Gasteiger partial charge on any atom is -0.304 e. The Morgan fingerprint density at radius 2 is 2.25 bits per heavy atom. The van der Waals surface area contributed by atoms with E-state index in [2.05, 4.69) is 25.5 Å². The first-order chi connectivity index (χ1) is 7.75. The molecule has 7 heteroatoms. The number of rotatable bonds is 2. The second kappa shape index (κ2) is 4.63. The molecule has 0 aliphatic heterocycles. The topological polar surface area (TPSA) is 80.7 Å². The molecule has 1 amide bonds. The first-order valence-corrected chi connectivity index (χ1v) is 4.70. The van der Waals surface area contributed by atoms with E-state index >= 15 is 0 Å². The van der Waals surface area contributed by atoms with Crippen LogP contribution in [0, 0.1) is 0 Å². The van der Waals surface area contributed by atoms with E-state index in [1.807, 2.05) is 0 Å². The van der Waals surface area contributed by atoms with Crippen molar-refractivity contribution < 1.29 is 4.79 Å². The van der Waals surface area contributed by atoms with Gasteiger partial charge in [-0.25, -0.2) is 4.98 Å². The fourth-order valence-corrected chi connectivity index (χ4v) is 1.15. The van der Waals surface area contributed by atoms with Gasteiger partial charge >= 0.3 is 0 Å². The lowest BCUT2D eigenvalue weighted by molar-refractivity contribution is 0.102. The van der Waals surface area contributed by atoms with Gasteiger partial charge in [0.25, 0.3) is 5.91 Å². The minimum atomic E-state index is -0.435. The Labute approximate surface area is 95.7 Å². The molecular formula is C9H6ClN5O. The minimum absolute atomic E-state index is 0.123. The molecule has 0 atom stereocenters. The molecule has 16 heavy (non-hydrogen) atoms. The van der Waals surface area contributed by atoms with Gasteiger partial charge in [-0.3, -0.25) is 9.78 Å². The summed E-state index contributed by atoms with van der Waals surface area (Å²) in [6.07, 6.45) is 4.17. The number of hydrogen-bond acceptors (Lipinski definition) is 5. The third-order valence-corrected chi connectivity index (χ3v) is 1.83. The van der Waals surface area contributed by atoms with Crippen LogP contribution < -0.4 is 5.32 Å². The average molecular weight is 236 g/mol. The zero-order valence-corrected chi connectivity index (χ0v) is 8.72. The molecule has 80 valence electrons. The molecule has 0 fully saturated rings. The van der Waals surface area contributed by atoms with Gasteiger partial charge in [-0.1, -0.05) is 11.6 Å². The summed E-state index contributed by atoms with van der Waals surface area (Å²) in [7, 11) is 0. The molecule has 0 bridgehead atoms. The fraction of sp³-hybridized carbons (Fsp3) is 0. The molecule has 0 radical (unpaired) electrons. The van der Waals surface area contributed by atoms with Crippen molar-refractivity contribution in [3.8, 4) is 0 Å². The zero-order chi connectivity index (χ0) is 11.4. The summed E-state index contributed by atoms with van der Waals surface area (Å²) in [4.78, 5) is 19.2. The molecule has 2 heterocycles. The van der Waals surface area contributed by atoms with E-state index in [9.17, 15) is 4.79 Å². The largest absolute Gasteiger partial charge is 0.304 e. The Morgan fingerprint density at radius 1 is 1.38 bits per heavy atom. The van der Waals surface area contributed by atoms with Crippen LogP contribution in [0.15, 0.2) is 30.7 Å². The third kappa shape index (κ3) is 2.48. The molecule has 0 saturated carbocycles. The quantitative estimate of drug-likeness (QED) is 0.845. The fourth-order valence-electron chi connectivity index (χ4n) is 1.00. The van der Waals surface area contributed by atoms with Gasteiger partial charge in [0.1, 0.15) is 10.8 Å². The smallest absolute Gasteiger partial charge is 0.277 e. The molecule has 2 rings (SSSR count). The van der Waals surface area contributed by atoms with Crippen LogP contribution >= 0.6 is 11.6 Å². The lowest BCUT2D eigenvalue weighted by atomic mass is 10.4. The van der Waals surface area contributed by atoms with E-state index in [0.717, 1.165) is 0 Å². The van der Waals surface area contributed by atoms with Gasteiger partial charge in [0.05, 0.1) is 12.4 Å². The van der Waals surface area contributed by atoms with E-state index in [4.69, 9.17) is 11.6 Å². The number of halogens is 1. The van der Waals surface area contributed by atoms with E-state index < -0.39 is 5.91 Å². The van der Waals surface area contributed by atoms with Crippen LogP contribution in [0.2, 0.25) is 5.15 Å². The molecule has 0 spiro atoms. The molecule has 0 aliphatic rings. The standard InChI is InChI=1S/C9H6ClN5O/c10-7-5-11-4-6(13-7)9(16)14-8-2-1-3-12-15-8/h1-5H,(H,14,15,16). The number of carbonyl (C=O) groups is 1.